The number of hydrogen-bond donors (Lipinski definition) is 2. The normalized spacial score (nSPS) is 16.3. The van der Waals surface area contributed by atoms with Crippen LogP contribution in [0.15, 0.2) is 24.3 Å². The van der Waals surface area contributed by atoms with Crippen molar-refractivity contribution in [1.29, 1.82) is 0 Å². The molecule has 0 aliphatic carbocycles. The number of aliphatic hydroxyl groups is 1. The zero-order valence-corrected chi connectivity index (χ0v) is 11.5. The van der Waals surface area contributed by atoms with Gasteiger partial charge in [0.25, 0.3) is 0 Å². The number of halogens is 1. The number of hydrogen-bond acceptors (Lipinski definition) is 2. The number of benzene rings is 1. The van der Waals surface area contributed by atoms with Crippen LogP contribution in [-0.4, -0.2) is 24.3 Å². The second-order valence-electron chi connectivity index (χ2n) is 5.43. The molecule has 0 bridgehead atoms. The fraction of sp³-hybridized carbons (Fsp3) is 0.600. The van der Waals surface area contributed by atoms with Crippen LogP contribution < -0.4 is 5.32 Å². The average molecular weight is 253 g/mol. The highest BCUT2D eigenvalue weighted by Crippen LogP contribution is 2.18. The van der Waals surface area contributed by atoms with E-state index in [4.69, 9.17) is 0 Å². The van der Waals surface area contributed by atoms with Gasteiger partial charge < -0.3 is 10.4 Å². The van der Waals surface area contributed by atoms with Crippen LogP contribution in [0.1, 0.15) is 32.8 Å². The lowest BCUT2D eigenvalue weighted by atomic mass is 9.88. The summed E-state index contributed by atoms with van der Waals surface area (Å²) in [5.74, 6) is -0.196. The molecule has 2 nitrogen and oxygen atoms in total. The van der Waals surface area contributed by atoms with Crippen molar-refractivity contribution in [2.45, 2.75) is 39.7 Å². The minimum absolute atomic E-state index is 0.0585. The summed E-state index contributed by atoms with van der Waals surface area (Å²) in [4.78, 5) is 0. The van der Waals surface area contributed by atoms with Crippen molar-refractivity contribution < 1.29 is 9.50 Å². The molecule has 3 heteroatoms. The summed E-state index contributed by atoms with van der Waals surface area (Å²) in [6, 6.07) is 6.93. The molecule has 2 atom stereocenters. The fourth-order valence-corrected chi connectivity index (χ4v) is 1.76. The highest BCUT2D eigenvalue weighted by Gasteiger charge is 2.21. The van der Waals surface area contributed by atoms with Crippen molar-refractivity contribution >= 4 is 0 Å². The predicted molar refractivity (Wildman–Crippen MR) is 73.1 cm³/mol. The van der Waals surface area contributed by atoms with E-state index in [1.54, 1.807) is 0 Å². The van der Waals surface area contributed by atoms with Crippen LogP contribution in [0.4, 0.5) is 4.39 Å². The summed E-state index contributed by atoms with van der Waals surface area (Å²) in [6.45, 7) is 7.26. The maximum absolute atomic E-state index is 12.8. The third kappa shape index (κ3) is 4.75. The maximum Gasteiger partial charge on any atom is 0.123 e. The van der Waals surface area contributed by atoms with E-state index in [-0.39, 0.29) is 17.8 Å². The van der Waals surface area contributed by atoms with Crippen LogP contribution in [0.3, 0.4) is 0 Å². The fourth-order valence-electron chi connectivity index (χ4n) is 1.76. The lowest BCUT2D eigenvalue weighted by Crippen LogP contribution is -2.39. The number of aliphatic hydroxyl groups excluding tert-OH is 1. The first-order valence-corrected chi connectivity index (χ1v) is 6.58. The highest BCUT2D eigenvalue weighted by atomic mass is 19.1. The van der Waals surface area contributed by atoms with Crippen molar-refractivity contribution in [3.8, 4) is 0 Å². The van der Waals surface area contributed by atoms with Crippen molar-refractivity contribution in [2.75, 3.05) is 13.2 Å². The molecule has 0 aromatic heterocycles. The summed E-state index contributed by atoms with van der Waals surface area (Å²) in [7, 11) is 0. The summed E-state index contributed by atoms with van der Waals surface area (Å²) in [5.41, 5.74) is 1.07. The quantitative estimate of drug-likeness (QED) is 0.783. The van der Waals surface area contributed by atoms with E-state index < -0.39 is 0 Å². The largest absolute Gasteiger partial charge is 0.396 e. The van der Waals surface area contributed by atoms with Crippen LogP contribution in [0.25, 0.3) is 0 Å². The van der Waals surface area contributed by atoms with Crippen molar-refractivity contribution in [3.63, 3.8) is 0 Å². The van der Waals surface area contributed by atoms with E-state index in [1.165, 1.54) is 12.1 Å². The van der Waals surface area contributed by atoms with Gasteiger partial charge in [0.1, 0.15) is 5.82 Å². The Hall–Kier alpha value is -0.930. The first-order chi connectivity index (χ1) is 8.49. The minimum Gasteiger partial charge on any atom is -0.396 e. The van der Waals surface area contributed by atoms with E-state index in [1.807, 2.05) is 12.1 Å². The van der Waals surface area contributed by atoms with Gasteiger partial charge in [0.2, 0.25) is 0 Å². The molecule has 2 unspecified atom stereocenters. The lowest BCUT2D eigenvalue weighted by Gasteiger charge is -2.28. The molecule has 0 aliphatic heterocycles. The second kappa shape index (κ2) is 6.86. The van der Waals surface area contributed by atoms with Crippen molar-refractivity contribution in [2.24, 2.45) is 5.41 Å². The molecule has 1 aromatic rings. The molecule has 0 radical (unpaired) electrons. The van der Waals surface area contributed by atoms with Crippen LogP contribution in [0, 0.1) is 11.2 Å². The standard InChI is InChI=1S/C15H24FNO/c1-4-15(3,11-18)10-17-12(2)9-13-5-7-14(16)8-6-13/h5-8,12,17-18H,4,9-11H2,1-3H3. The van der Waals surface area contributed by atoms with E-state index >= 15 is 0 Å². The van der Waals surface area contributed by atoms with Crippen LogP contribution in [0.5, 0.6) is 0 Å². The molecular formula is C15H24FNO. The van der Waals surface area contributed by atoms with Crippen LogP contribution >= 0.6 is 0 Å². The second-order valence-corrected chi connectivity index (χ2v) is 5.43. The zero-order chi connectivity index (χ0) is 13.6. The summed E-state index contributed by atoms with van der Waals surface area (Å²) in [5, 5.41) is 12.8. The molecule has 0 amide bonds. The lowest BCUT2D eigenvalue weighted by molar-refractivity contribution is 0.132. The van der Waals surface area contributed by atoms with Crippen LogP contribution in [0.2, 0.25) is 0 Å². The Kier molecular flexibility index (Phi) is 5.76. The first kappa shape index (κ1) is 15.1. The van der Waals surface area contributed by atoms with E-state index in [0.29, 0.717) is 6.04 Å². The summed E-state index contributed by atoms with van der Waals surface area (Å²) < 4.78 is 12.8. The minimum atomic E-state index is -0.196. The smallest absolute Gasteiger partial charge is 0.123 e. The van der Waals surface area contributed by atoms with Crippen LogP contribution in [-0.2, 0) is 6.42 Å². The predicted octanol–water partition coefficient (Wildman–Crippen LogP) is 2.75. The molecule has 0 fully saturated rings. The van der Waals surface area contributed by atoms with Gasteiger partial charge in [0.05, 0.1) is 0 Å². The van der Waals surface area contributed by atoms with Crippen molar-refractivity contribution in [1.82, 2.24) is 5.32 Å². The monoisotopic (exact) mass is 253 g/mol. The molecule has 2 N–H and O–H groups in total. The van der Waals surface area contributed by atoms with Gasteiger partial charge in [0.15, 0.2) is 0 Å². The zero-order valence-electron chi connectivity index (χ0n) is 11.5. The van der Waals surface area contributed by atoms with Gasteiger partial charge in [0, 0.05) is 24.6 Å². The Morgan fingerprint density at radius 2 is 1.94 bits per heavy atom. The van der Waals surface area contributed by atoms with Gasteiger partial charge in [-0.25, -0.2) is 4.39 Å². The van der Waals surface area contributed by atoms with Gasteiger partial charge in [-0.15, -0.1) is 0 Å². The van der Waals surface area contributed by atoms with Crippen molar-refractivity contribution in [3.05, 3.63) is 35.6 Å². The number of nitrogens with one attached hydrogen (secondary N) is 1. The Morgan fingerprint density at radius 3 is 2.44 bits per heavy atom. The first-order valence-electron chi connectivity index (χ1n) is 6.58. The Balaban J connectivity index is 2.42. The van der Waals surface area contributed by atoms with Gasteiger partial charge in [-0.3, -0.25) is 0 Å². The molecule has 0 saturated heterocycles. The Labute approximate surface area is 109 Å². The molecule has 102 valence electrons. The third-order valence-electron chi connectivity index (χ3n) is 3.57. The van der Waals surface area contributed by atoms with E-state index in [2.05, 4.69) is 26.1 Å². The van der Waals surface area contributed by atoms with Gasteiger partial charge in [-0.2, -0.15) is 0 Å². The summed E-state index contributed by atoms with van der Waals surface area (Å²) in [6.07, 6.45) is 1.81. The van der Waals surface area contributed by atoms with Gasteiger partial charge in [-0.05, 0) is 37.5 Å². The molecule has 1 aromatic carbocycles. The highest BCUT2D eigenvalue weighted by molar-refractivity contribution is 5.17. The molecular weight excluding hydrogens is 229 g/mol. The summed E-state index contributed by atoms with van der Waals surface area (Å²) >= 11 is 0. The molecule has 0 heterocycles. The molecule has 0 aliphatic rings. The average Bonchev–Trinajstić information content (AvgIpc) is 2.39. The molecule has 18 heavy (non-hydrogen) atoms. The SMILES string of the molecule is CCC(C)(CO)CNC(C)Cc1ccc(F)cc1. The molecule has 1 rings (SSSR count). The van der Waals surface area contributed by atoms with E-state index in [0.717, 1.165) is 24.9 Å². The Bertz CT molecular complexity index is 346. The third-order valence-corrected chi connectivity index (χ3v) is 3.57. The van der Waals surface area contributed by atoms with Gasteiger partial charge in [-0.1, -0.05) is 26.0 Å². The molecule has 0 saturated carbocycles. The maximum atomic E-state index is 12.8. The van der Waals surface area contributed by atoms with E-state index in [9.17, 15) is 9.50 Å². The molecule has 0 spiro atoms. The Morgan fingerprint density at radius 1 is 1.33 bits per heavy atom. The van der Waals surface area contributed by atoms with Gasteiger partial charge >= 0.3 is 0 Å². The topological polar surface area (TPSA) is 32.3 Å². The number of rotatable bonds is 7.